The van der Waals surface area contributed by atoms with Gasteiger partial charge in [-0.15, -0.1) is 0 Å². The molecule has 19 heavy (non-hydrogen) atoms. The Morgan fingerprint density at radius 1 is 1.05 bits per heavy atom. The summed E-state index contributed by atoms with van der Waals surface area (Å²) in [6.45, 7) is 1.79. The maximum atomic E-state index is 11.9. The number of hydrogen-bond donors (Lipinski definition) is 3. The first-order valence-electron chi connectivity index (χ1n) is 6.10. The second-order valence-electron chi connectivity index (χ2n) is 4.53. The fourth-order valence-corrected chi connectivity index (χ4v) is 1.95. The van der Waals surface area contributed by atoms with Crippen molar-refractivity contribution in [1.82, 2.24) is 9.80 Å². The molecule has 0 aromatic carbocycles. The summed E-state index contributed by atoms with van der Waals surface area (Å²) >= 11 is 0. The molecule has 0 aliphatic carbocycles. The van der Waals surface area contributed by atoms with Gasteiger partial charge >= 0.3 is 11.9 Å². The Hall–Kier alpha value is -1.67. The van der Waals surface area contributed by atoms with Gasteiger partial charge in [0.25, 0.3) is 0 Å². The summed E-state index contributed by atoms with van der Waals surface area (Å²) in [5, 5.41) is 17.2. The smallest absolute Gasteiger partial charge is 0.317 e. The van der Waals surface area contributed by atoms with E-state index in [9.17, 15) is 14.4 Å². The summed E-state index contributed by atoms with van der Waals surface area (Å²) in [7, 11) is 0. The lowest BCUT2D eigenvalue weighted by molar-refractivity contribution is -0.139. The van der Waals surface area contributed by atoms with Gasteiger partial charge in [-0.25, -0.2) is 0 Å². The first-order chi connectivity index (χ1) is 8.90. The molecular weight excluding hydrogens is 254 g/mol. The van der Waals surface area contributed by atoms with Crippen LogP contribution in [0.25, 0.3) is 0 Å². The molecule has 1 aliphatic heterocycles. The molecule has 1 fully saturated rings. The first kappa shape index (κ1) is 15.4. The zero-order chi connectivity index (χ0) is 14.4. The first-order valence-corrected chi connectivity index (χ1v) is 6.10. The summed E-state index contributed by atoms with van der Waals surface area (Å²) in [6, 6.07) is -0.804. The molecule has 0 aromatic rings. The number of rotatable bonds is 6. The fourth-order valence-electron chi connectivity index (χ4n) is 1.95. The molecule has 1 aliphatic rings. The van der Waals surface area contributed by atoms with Crippen LogP contribution in [0.1, 0.15) is 12.8 Å². The van der Waals surface area contributed by atoms with E-state index in [1.165, 1.54) is 0 Å². The SMILES string of the molecule is NC(CCC(=O)O)C(=O)N1CCN(CC(=O)O)CC1. The van der Waals surface area contributed by atoms with Crippen molar-refractivity contribution in [1.29, 1.82) is 0 Å². The lowest BCUT2D eigenvalue weighted by Gasteiger charge is -2.35. The third kappa shape index (κ3) is 5.23. The molecular formula is C11H19N3O5. The molecule has 0 radical (unpaired) electrons. The molecule has 0 aromatic heterocycles. The highest BCUT2D eigenvalue weighted by Crippen LogP contribution is 2.06. The molecule has 8 nitrogen and oxygen atoms in total. The Balaban J connectivity index is 2.35. The Kier molecular flexibility index (Phi) is 5.71. The molecule has 1 atom stereocenters. The number of amides is 1. The summed E-state index contributed by atoms with van der Waals surface area (Å²) in [5.41, 5.74) is 5.65. The largest absolute Gasteiger partial charge is 0.481 e. The summed E-state index contributed by atoms with van der Waals surface area (Å²) in [4.78, 5) is 36.2. The van der Waals surface area contributed by atoms with Crippen molar-refractivity contribution < 1.29 is 24.6 Å². The zero-order valence-electron chi connectivity index (χ0n) is 10.6. The lowest BCUT2D eigenvalue weighted by Crippen LogP contribution is -2.53. The quantitative estimate of drug-likeness (QED) is 0.532. The van der Waals surface area contributed by atoms with E-state index >= 15 is 0 Å². The van der Waals surface area contributed by atoms with Gasteiger partial charge in [-0.2, -0.15) is 0 Å². The minimum absolute atomic E-state index is 0.0346. The van der Waals surface area contributed by atoms with Crippen LogP contribution < -0.4 is 5.73 Å². The van der Waals surface area contributed by atoms with Gasteiger partial charge in [0.2, 0.25) is 5.91 Å². The molecule has 1 heterocycles. The topological polar surface area (TPSA) is 124 Å². The number of carboxylic acids is 2. The second-order valence-corrected chi connectivity index (χ2v) is 4.53. The molecule has 0 bridgehead atoms. The van der Waals surface area contributed by atoms with E-state index in [-0.39, 0.29) is 25.3 Å². The Morgan fingerprint density at radius 3 is 2.11 bits per heavy atom. The lowest BCUT2D eigenvalue weighted by atomic mass is 10.1. The molecule has 1 rings (SSSR count). The average molecular weight is 273 g/mol. The molecule has 1 amide bonds. The molecule has 0 saturated carbocycles. The number of nitrogens with zero attached hydrogens (tertiary/aromatic N) is 2. The van der Waals surface area contributed by atoms with E-state index in [2.05, 4.69) is 0 Å². The molecule has 1 saturated heterocycles. The van der Waals surface area contributed by atoms with Crippen LogP contribution in [0.2, 0.25) is 0 Å². The Bertz CT molecular complexity index is 352. The number of carbonyl (C=O) groups is 3. The van der Waals surface area contributed by atoms with Crippen molar-refractivity contribution in [3.05, 3.63) is 0 Å². The van der Waals surface area contributed by atoms with Gasteiger partial charge in [0.1, 0.15) is 0 Å². The summed E-state index contributed by atoms with van der Waals surface area (Å²) in [6.07, 6.45) is -0.0185. The number of aliphatic carboxylic acids is 2. The Labute approximate surface area is 110 Å². The average Bonchev–Trinajstić information content (AvgIpc) is 2.35. The van der Waals surface area contributed by atoms with Gasteiger partial charge in [-0.1, -0.05) is 0 Å². The van der Waals surface area contributed by atoms with Crippen molar-refractivity contribution in [2.45, 2.75) is 18.9 Å². The number of carboxylic acid groups (broad SMARTS) is 2. The van der Waals surface area contributed by atoms with Gasteiger partial charge in [0.15, 0.2) is 0 Å². The normalized spacial score (nSPS) is 18.1. The standard InChI is InChI=1S/C11H19N3O5/c12-8(1-2-9(15)16)11(19)14-5-3-13(4-6-14)7-10(17)18/h8H,1-7,12H2,(H,15,16)(H,17,18). The van der Waals surface area contributed by atoms with Crippen LogP contribution in [-0.2, 0) is 14.4 Å². The van der Waals surface area contributed by atoms with Crippen LogP contribution in [0, 0.1) is 0 Å². The maximum absolute atomic E-state index is 11.9. The highest BCUT2D eigenvalue weighted by Gasteiger charge is 2.26. The number of carbonyl (C=O) groups excluding carboxylic acids is 1. The summed E-state index contributed by atoms with van der Waals surface area (Å²) < 4.78 is 0. The van der Waals surface area contributed by atoms with Crippen LogP contribution >= 0.6 is 0 Å². The molecule has 0 spiro atoms. The van der Waals surface area contributed by atoms with Crippen molar-refractivity contribution in [3.8, 4) is 0 Å². The van der Waals surface area contributed by atoms with Crippen LogP contribution in [0.5, 0.6) is 0 Å². The van der Waals surface area contributed by atoms with Crippen molar-refractivity contribution >= 4 is 17.8 Å². The minimum Gasteiger partial charge on any atom is -0.481 e. The van der Waals surface area contributed by atoms with Crippen molar-refractivity contribution in [2.75, 3.05) is 32.7 Å². The van der Waals surface area contributed by atoms with Gasteiger partial charge < -0.3 is 20.8 Å². The number of hydrogen-bond acceptors (Lipinski definition) is 5. The monoisotopic (exact) mass is 273 g/mol. The third-order valence-corrected chi connectivity index (χ3v) is 3.03. The van der Waals surface area contributed by atoms with E-state index in [0.29, 0.717) is 26.2 Å². The predicted octanol–water partition coefficient (Wildman–Crippen LogP) is -1.59. The molecule has 1 unspecified atom stereocenters. The van der Waals surface area contributed by atoms with Gasteiger partial charge in [0, 0.05) is 32.6 Å². The van der Waals surface area contributed by atoms with E-state index in [4.69, 9.17) is 15.9 Å². The van der Waals surface area contributed by atoms with E-state index in [1.54, 1.807) is 9.80 Å². The number of piperazine rings is 1. The highest BCUT2D eigenvalue weighted by molar-refractivity contribution is 5.82. The maximum Gasteiger partial charge on any atom is 0.317 e. The van der Waals surface area contributed by atoms with Crippen LogP contribution in [0.15, 0.2) is 0 Å². The number of nitrogens with two attached hydrogens (primary N) is 1. The van der Waals surface area contributed by atoms with Gasteiger partial charge in [-0.3, -0.25) is 19.3 Å². The zero-order valence-corrected chi connectivity index (χ0v) is 10.6. The van der Waals surface area contributed by atoms with Gasteiger partial charge in [0.05, 0.1) is 12.6 Å². The van der Waals surface area contributed by atoms with Crippen LogP contribution in [-0.4, -0.2) is 76.6 Å². The second kappa shape index (κ2) is 7.05. The fraction of sp³-hybridized carbons (Fsp3) is 0.727. The highest BCUT2D eigenvalue weighted by atomic mass is 16.4. The molecule has 4 N–H and O–H groups in total. The third-order valence-electron chi connectivity index (χ3n) is 3.03. The molecule has 8 heteroatoms. The van der Waals surface area contributed by atoms with E-state index < -0.39 is 18.0 Å². The Morgan fingerprint density at radius 2 is 1.63 bits per heavy atom. The van der Waals surface area contributed by atoms with Crippen molar-refractivity contribution in [3.63, 3.8) is 0 Å². The molecule has 108 valence electrons. The van der Waals surface area contributed by atoms with Crippen LogP contribution in [0.3, 0.4) is 0 Å². The van der Waals surface area contributed by atoms with Gasteiger partial charge in [-0.05, 0) is 6.42 Å². The van der Waals surface area contributed by atoms with E-state index in [0.717, 1.165) is 0 Å². The van der Waals surface area contributed by atoms with Crippen molar-refractivity contribution in [2.24, 2.45) is 5.73 Å². The van der Waals surface area contributed by atoms with Crippen LogP contribution in [0.4, 0.5) is 0 Å². The van der Waals surface area contributed by atoms with E-state index in [1.807, 2.05) is 0 Å². The predicted molar refractivity (Wildman–Crippen MR) is 65.5 cm³/mol. The summed E-state index contributed by atoms with van der Waals surface area (Å²) in [5.74, 6) is -2.14. The minimum atomic E-state index is -0.977.